The predicted molar refractivity (Wildman–Crippen MR) is 97.7 cm³/mol. The number of hydrogen-bond donors (Lipinski definition) is 0. The number of benzene rings is 2. The number of rotatable bonds is 3. The minimum Gasteiger partial charge on any atom is -0.366 e. The van der Waals surface area contributed by atoms with Crippen LogP contribution >= 0.6 is 0 Å². The number of nitrogens with zero attached hydrogens (tertiary/aromatic N) is 3. The molecule has 0 spiro atoms. The molecule has 0 amide bonds. The third-order valence-corrected chi connectivity index (χ3v) is 5.40. The lowest BCUT2D eigenvalue weighted by atomic mass is 10.1. The highest BCUT2D eigenvalue weighted by molar-refractivity contribution is 5.79. The average Bonchev–Trinajstić information content (AvgIpc) is 3.01. The topological polar surface area (TPSA) is 9.72 Å². The van der Waals surface area contributed by atoms with Crippen molar-refractivity contribution in [1.29, 1.82) is 0 Å². The van der Waals surface area contributed by atoms with Crippen molar-refractivity contribution in [3.63, 3.8) is 0 Å². The fraction of sp³-hybridized carbons (Fsp3) is 0.400. The van der Waals surface area contributed by atoms with Crippen LogP contribution in [0.3, 0.4) is 0 Å². The SMILES string of the molecule is CN1CCCC1CN1CCN(c2ccc(F)cc2)c2cc(F)ccc21. The monoisotopic (exact) mass is 343 g/mol. The molecule has 1 fully saturated rings. The summed E-state index contributed by atoms with van der Waals surface area (Å²) < 4.78 is 27.2. The molecular formula is C20H23F2N3. The van der Waals surface area contributed by atoms with Crippen molar-refractivity contribution in [2.24, 2.45) is 0 Å². The molecule has 4 rings (SSSR count). The number of likely N-dealkylation sites (N-methyl/N-ethyl adjacent to an activating group) is 1. The Kier molecular flexibility index (Phi) is 4.34. The van der Waals surface area contributed by atoms with E-state index in [0.29, 0.717) is 6.04 Å². The fourth-order valence-electron chi connectivity index (χ4n) is 3.98. The number of hydrogen-bond acceptors (Lipinski definition) is 3. The van der Waals surface area contributed by atoms with E-state index in [1.165, 1.54) is 31.0 Å². The molecular weight excluding hydrogens is 320 g/mol. The Morgan fingerprint density at radius 1 is 0.920 bits per heavy atom. The van der Waals surface area contributed by atoms with Crippen LogP contribution in [0.2, 0.25) is 0 Å². The Labute approximate surface area is 147 Å². The first-order valence-electron chi connectivity index (χ1n) is 8.90. The largest absolute Gasteiger partial charge is 0.366 e. The molecule has 1 saturated heterocycles. The zero-order chi connectivity index (χ0) is 17.4. The van der Waals surface area contributed by atoms with Crippen molar-refractivity contribution in [1.82, 2.24) is 4.90 Å². The summed E-state index contributed by atoms with van der Waals surface area (Å²) in [7, 11) is 2.18. The molecule has 5 heteroatoms. The molecule has 0 aliphatic carbocycles. The van der Waals surface area contributed by atoms with E-state index in [4.69, 9.17) is 0 Å². The number of likely N-dealkylation sites (tertiary alicyclic amines) is 1. The molecule has 3 nitrogen and oxygen atoms in total. The van der Waals surface area contributed by atoms with Crippen molar-refractivity contribution in [3.05, 3.63) is 54.1 Å². The molecule has 0 saturated carbocycles. The minimum absolute atomic E-state index is 0.245. The average molecular weight is 343 g/mol. The quantitative estimate of drug-likeness (QED) is 0.833. The summed E-state index contributed by atoms with van der Waals surface area (Å²) in [6.07, 6.45) is 2.46. The molecule has 2 heterocycles. The van der Waals surface area contributed by atoms with Crippen LogP contribution in [0.5, 0.6) is 0 Å². The molecule has 1 unspecified atom stereocenters. The van der Waals surface area contributed by atoms with Crippen LogP contribution in [0.4, 0.5) is 25.8 Å². The maximum Gasteiger partial charge on any atom is 0.125 e. The van der Waals surface area contributed by atoms with Crippen molar-refractivity contribution in [2.75, 3.05) is 43.0 Å². The zero-order valence-corrected chi connectivity index (χ0v) is 14.5. The summed E-state index contributed by atoms with van der Waals surface area (Å²) in [4.78, 5) is 6.85. The Morgan fingerprint density at radius 3 is 2.40 bits per heavy atom. The standard InChI is InChI=1S/C20H23F2N3/c1-23-10-2-3-18(23)14-24-11-12-25(17-7-4-15(21)5-8-17)20-13-16(22)6-9-19(20)24/h4-9,13,18H,2-3,10-12,14H2,1H3. The summed E-state index contributed by atoms with van der Waals surface area (Å²) >= 11 is 0. The van der Waals surface area contributed by atoms with Crippen LogP contribution in [0.15, 0.2) is 42.5 Å². The summed E-state index contributed by atoms with van der Waals surface area (Å²) in [5.74, 6) is -0.503. The Hall–Kier alpha value is -2.14. The molecule has 0 bridgehead atoms. The highest BCUT2D eigenvalue weighted by Crippen LogP contribution is 2.38. The lowest BCUT2D eigenvalue weighted by molar-refractivity contribution is 0.311. The molecule has 2 aromatic rings. The smallest absolute Gasteiger partial charge is 0.125 e. The minimum atomic E-state index is -0.258. The third kappa shape index (κ3) is 3.21. The molecule has 2 aliphatic rings. The maximum atomic E-state index is 13.9. The first kappa shape index (κ1) is 16.3. The molecule has 2 aromatic carbocycles. The van der Waals surface area contributed by atoms with Crippen molar-refractivity contribution in [3.8, 4) is 0 Å². The van der Waals surface area contributed by atoms with E-state index < -0.39 is 0 Å². The molecule has 0 radical (unpaired) electrons. The van der Waals surface area contributed by atoms with Gasteiger partial charge < -0.3 is 14.7 Å². The Morgan fingerprint density at radius 2 is 1.68 bits per heavy atom. The molecule has 0 N–H and O–H groups in total. The highest BCUT2D eigenvalue weighted by atomic mass is 19.1. The van der Waals surface area contributed by atoms with E-state index in [1.54, 1.807) is 18.2 Å². The van der Waals surface area contributed by atoms with E-state index in [-0.39, 0.29) is 11.6 Å². The Bertz CT molecular complexity index is 747. The van der Waals surface area contributed by atoms with Crippen molar-refractivity contribution in [2.45, 2.75) is 18.9 Å². The number of anilines is 3. The van der Waals surface area contributed by atoms with Gasteiger partial charge in [0.1, 0.15) is 11.6 Å². The molecule has 0 aromatic heterocycles. The molecule has 132 valence electrons. The first-order valence-corrected chi connectivity index (χ1v) is 8.90. The van der Waals surface area contributed by atoms with Gasteiger partial charge in [-0.25, -0.2) is 8.78 Å². The van der Waals surface area contributed by atoms with Gasteiger partial charge in [0.05, 0.1) is 11.4 Å². The summed E-state index contributed by atoms with van der Waals surface area (Å²) in [5.41, 5.74) is 2.81. The van der Waals surface area contributed by atoms with Gasteiger partial charge in [-0.15, -0.1) is 0 Å². The van der Waals surface area contributed by atoms with Crippen LogP contribution in [0, 0.1) is 11.6 Å². The van der Waals surface area contributed by atoms with Crippen LogP contribution in [0.25, 0.3) is 0 Å². The lowest BCUT2D eigenvalue weighted by Crippen LogP contribution is -2.45. The van der Waals surface area contributed by atoms with Gasteiger partial charge in [-0.3, -0.25) is 0 Å². The van der Waals surface area contributed by atoms with E-state index >= 15 is 0 Å². The van der Waals surface area contributed by atoms with Gasteiger partial charge in [0, 0.05) is 31.4 Å². The van der Waals surface area contributed by atoms with E-state index in [9.17, 15) is 8.78 Å². The van der Waals surface area contributed by atoms with E-state index in [1.807, 2.05) is 6.07 Å². The second kappa shape index (κ2) is 6.64. The van der Waals surface area contributed by atoms with Gasteiger partial charge in [-0.2, -0.15) is 0 Å². The van der Waals surface area contributed by atoms with E-state index in [2.05, 4.69) is 21.7 Å². The summed E-state index contributed by atoms with van der Waals surface area (Å²) in [6.45, 7) is 3.75. The van der Waals surface area contributed by atoms with Gasteiger partial charge in [0.15, 0.2) is 0 Å². The zero-order valence-electron chi connectivity index (χ0n) is 14.5. The van der Waals surface area contributed by atoms with Crippen LogP contribution in [0.1, 0.15) is 12.8 Å². The lowest BCUT2D eigenvalue weighted by Gasteiger charge is -2.40. The van der Waals surface area contributed by atoms with Gasteiger partial charge in [0.25, 0.3) is 0 Å². The normalized spacial score (nSPS) is 20.8. The van der Waals surface area contributed by atoms with Gasteiger partial charge >= 0.3 is 0 Å². The highest BCUT2D eigenvalue weighted by Gasteiger charge is 2.29. The van der Waals surface area contributed by atoms with Crippen LogP contribution in [-0.4, -0.2) is 44.2 Å². The number of halogens is 2. The molecule has 1 atom stereocenters. The molecule has 2 aliphatic heterocycles. The number of fused-ring (bicyclic) bond motifs is 1. The second-order valence-corrected chi connectivity index (χ2v) is 6.98. The van der Waals surface area contributed by atoms with Crippen LogP contribution in [-0.2, 0) is 0 Å². The second-order valence-electron chi connectivity index (χ2n) is 6.98. The molecule has 25 heavy (non-hydrogen) atoms. The van der Waals surface area contributed by atoms with E-state index in [0.717, 1.165) is 43.2 Å². The third-order valence-electron chi connectivity index (χ3n) is 5.40. The summed E-state index contributed by atoms with van der Waals surface area (Å²) in [5, 5.41) is 0. The predicted octanol–water partition coefficient (Wildman–Crippen LogP) is 4.02. The fourth-order valence-corrected chi connectivity index (χ4v) is 3.98. The Balaban J connectivity index is 1.65. The maximum absolute atomic E-state index is 13.9. The first-order chi connectivity index (χ1) is 12.1. The van der Waals surface area contributed by atoms with Crippen molar-refractivity contribution < 1.29 is 8.78 Å². The van der Waals surface area contributed by atoms with Gasteiger partial charge in [0.2, 0.25) is 0 Å². The summed E-state index contributed by atoms with van der Waals surface area (Å²) in [6, 6.07) is 11.9. The van der Waals surface area contributed by atoms with Crippen LogP contribution < -0.4 is 9.80 Å². The van der Waals surface area contributed by atoms with Gasteiger partial charge in [-0.1, -0.05) is 0 Å². The van der Waals surface area contributed by atoms with Gasteiger partial charge in [-0.05, 0) is 68.9 Å². The van der Waals surface area contributed by atoms with Crippen molar-refractivity contribution >= 4 is 17.1 Å².